The molecule has 0 radical (unpaired) electrons. The van der Waals surface area contributed by atoms with Crippen LogP contribution in [0.3, 0.4) is 0 Å². The first-order valence-electron chi connectivity index (χ1n) is 9.46. The molecule has 2 N–H and O–H groups in total. The summed E-state index contributed by atoms with van der Waals surface area (Å²) in [5.74, 6) is -0.00419. The number of carbonyl (C=O) groups is 2. The first-order chi connectivity index (χ1) is 14.4. The molecule has 1 aromatic heterocycles. The lowest BCUT2D eigenvalue weighted by Crippen LogP contribution is -2.39. The van der Waals surface area contributed by atoms with Crippen molar-refractivity contribution in [2.75, 3.05) is 24.2 Å². The number of anilines is 2. The Morgan fingerprint density at radius 2 is 1.70 bits per heavy atom. The predicted octanol–water partition coefficient (Wildman–Crippen LogP) is 4.40. The maximum absolute atomic E-state index is 13.1. The van der Waals surface area contributed by atoms with Gasteiger partial charge in [0, 0.05) is 16.4 Å². The van der Waals surface area contributed by atoms with E-state index in [-0.39, 0.29) is 18.4 Å². The van der Waals surface area contributed by atoms with Crippen molar-refractivity contribution in [3.05, 3.63) is 88.5 Å². The van der Waals surface area contributed by atoms with Crippen molar-refractivity contribution in [2.45, 2.75) is 13.0 Å². The molecule has 0 aliphatic heterocycles. The highest BCUT2D eigenvalue weighted by Gasteiger charge is 2.26. The summed E-state index contributed by atoms with van der Waals surface area (Å²) in [5.41, 5.74) is 2.63. The van der Waals surface area contributed by atoms with E-state index in [0.717, 1.165) is 15.6 Å². The fourth-order valence-electron chi connectivity index (χ4n) is 3.04. The van der Waals surface area contributed by atoms with Gasteiger partial charge in [0.1, 0.15) is 11.9 Å². The topological polar surface area (TPSA) is 74.3 Å². The van der Waals surface area contributed by atoms with Crippen molar-refractivity contribution >= 4 is 39.2 Å². The Morgan fingerprint density at radius 3 is 2.33 bits per heavy atom. The summed E-state index contributed by atoms with van der Waals surface area (Å²) >= 11 is 3.32. The van der Waals surface area contributed by atoms with Gasteiger partial charge >= 0.3 is 0 Å². The molecule has 3 aromatic rings. The van der Waals surface area contributed by atoms with E-state index in [1.807, 2.05) is 61.5 Å². The second-order valence-electron chi connectivity index (χ2n) is 6.99. The summed E-state index contributed by atoms with van der Waals surface area (Å²) in [4.78, 5) is 31.5. The number of carbonyl (C=O) groups excluding carboxylic acids is 2. The lowest BCUT2D eigenvalue weighted by molar-refractivity contribution is -0.123. The van der Waals surface area contributed by atoms with Crippen LogP contribution in [0.15, 0.2) is 77.4 Å². The van der Waals surface area contributed by atoms with Crippen molar-refractivity contribution in [1.29, 1.82) is 0 Å². The lowest BCUT2D eigenvalue weighted by atomic mass is 10.0. The van der Waals surface area contributed by atoms with Gasteiger partial charge in [-0.25, -0.2) is 4.98 Å². The smallest absolute Gasteiger partial charge is 0.246 e. The number of aromatic nitrogens is 1. The van der Waals surface area contributed by atoms with E-state index in [0.29, 0.717) is 11.5 Å². The Bertz CT molecular complexity index is 992. The first kappa shape index (κ1) is 21.7. The van der Waals surface area contributed by atoms with E-state index < -0.39 is 6.04 Å². The van der Waals surface area contributed by atoms with Gasteiger partial charge in [0.25, 0.3) is 0 Å². The molecule has 2 aromatic carbocycles. The van der Waals surface area contributed by atoms with Crippen molar-refractivity contribution in [3.8, 4) is 0 Å². The van der Waals surface area contributed by atoms with Crippen LogP contribution in [0.2, 0.25) is 0 Å². The van der Waals surface area contributed by atoms with Gasteiger partial charge in [0.05, 0.1) is 6.54 Å². The second kappa shape index (κ2) is 10.1. The molecule has 6 nitrogen and oxygen atoms in total. The zero-order valence-corrected chi connectivity index (χ0v) is 18.4. The molecule has 0 aliphatic rings. The zero-order chi connectivity index (χ0) is 21.5. The second-order valence-corrected chi connectivity index (χ2v) is 7.91. The number of rotatable bonds is 7. The highest BCUT2D eigenvalue weighted by atomic mass is 79.9. The molecule has 30 heavy (non-hydrogen) atoms. The van der Waals surface area contributed by atoms with Crippen molar-refractivity contribution in [1.82, 2.24) is 9.88 Å². The third-order valence-corrected chi connectivity index (χ3v) is 4.98. The first-order valence-corrected chi connectivity index (χ1v) is 10.3. The summed E-state index contributed by atoms with van der Waals surface area (Å²) in [6.07, 6.45) is 1.61. The van der Waals surface area contributed by atoms with Crippen LogP contribution >= 0.6 is 15.9 Å². The van der Waals surface area contributed by atoms with Crippen LogP contribution in [-0.2, 0) is 9.59 Å². The van der Waals surface area contributed by atoms with Crippen LogP contribution < -0.4 is 10.6 Å². The Labute approximate surface area is 184 Å². The molecule has 0 saturated heterocycles. The monoisotopic (exact) mass is 466 g/mol. The standard InChI is InChI=1S/C23H23BrN4O2/c1-16-8-11-19(12-9-16)26-23(30)22(17-6-4-3-5-7-17)28(2)15-21(29)27-20-13-10-18(24)14-25-20/h3-14,22H,15H2,1-2H3,(H,26,30)(H,25,27,29). The minimum Gasteiger partial charge on any atom is -0.324 e. The molecule has 1 atom stereocenters. The fourth-order valence-corrected chi connectivity index (χ4v) is 3.27. The van der Waals surface area contributed by atoms with Gasteiger partial charge in [-0.05, 0) is 59.7 Å². The van der Waals surface area contributed by atoms with Crippen molar-refractivity contribution < 1.29 is 9.59 Å². The number of nitrogens with zero attached hydrogens (tertiary/aromatic N) is 2. The molecule has 1 heterocycles. The van der Waals surface area contributed by atoms with Crippen LogP contribution in [0.25, 0.3) is 0 Å². The van der Waals surface area contributed by atoms with Gasteiger partial charge in [0.2, 0.25) is 11.8 Å². The largest absolute Gasteiger partial charge is 0.324 e. The summed E-state index contributed by atoms with van der Waals surface area (Å²) < 4.78 is 0.828. The number of likely N-dealkylation sites (N-methyl/N-ethyl adjacent to an activating group) is 1. The molecule has 1 unspecified atom stereocenters. The minimum absolute atomic E-state index is 0.0264. The highest BCUT2D eigenvalue weighted by Crippen LogP contribution is 2.22. The quantitative estimate of drug-likeness (QED) is 0.540. The summed E-state index contributed by atoms with van der Waals surface area (Å²) in [7, 11) is 1.75. The van der Waals surface area contributed by atoms with Crippen molar-refractivity contribution in [3.63, 3.8) is 0 Å². The molecule has 3 rings (SSSR count). The number of benzene rings is 2. The molecule has 2 amide bonds. The van der Waals surface area contributed by atoms with Crippen LogP contribution in [0.1, 0.15) is 17.2 Å². The average molecular weight is 467 g/mol. The zero-order valence-electron chi connectivity index (χ0n) is 16.8. The van der Waals surface area contributed by atoms with Gasteiger partial charge < -0.3 is 10.6 Å². The number of amides is 2. The molecule has 0 saturated carbocycles. The van der Waals surface area contributed by atoms with E-state index >= 15 is 0 Å². The molecule has 7 heteroatoms. The number of hydrogen-bond acceptors (Lipinski definition) is 4. The van der Waals surface area contributed by atoms with E-state index in [4.69, 9.17) is 0 Å². The van der Waals surface area contributed by atoms with E-state index in [1.165, 1.54) is 0 Å². The Balaban J connectivity index is 1.74. The maximum atomic E-state index is 13.1. The molecule has 154 valence electrons. The lowest BCUT2D eigenvalue weighted by Gasteiger charge is -2.27. The normalized spacial score (nSPS) is 11.7. The van der Waals surface area contributed by atoms with Gasteiger partial charge in [0.15, 0.2) is 0 Å². The molecule has 0 spiro atoms. The van der Waals surface area contributed by atoms with Gasteiger partial charge in [-0.3, -0.25) is 14.5 Å². The van der Waals surface area contributed by atoms with Gasteiger partial charge in [-0.15, -0.1) is 0 Å². The molecule has 0 fully saturated rings. The third-order valence-electron chi connectivity index (χ3n) is 4.51. The maximum Gasteiger partial charge on any atom is 0.246 e. The number of nitrogens with one attached hydrogen (secondary N) is 2. The van der Waals surface area contributed by atoms with Gasteiger partial charge in [-0.2, -0.15) is 0 Å². The summed E-state index contributed by atoms with van der Waals surface area (Å²) in [6.45, 7) is 2.02. The Hall–Kier alpha value is -3.03. The van der Waals surface area contributed by atoms with Crippen LogP contribution in [0.4, 0.5) is 11.5 Å². The predicted molar refractivity (Wildman–Crippen MR) is 122 cm³/mol. The Kier molecular flexibility index (Phi) is 7.32. The molecular weight excluding hydrogens is 444 g/mol. The average Bonchev–Trinajstić information content (AvgIpc) is 2.72. The van der Waals surface area contributed by atoms with Gasteiger partial charge in [-0.1, -0.05) is 48.0 Å². The third kappa shape index (κ3) is 5.98. The van der Waals surface area contributed by atoms with Crippen molar-refractivity contribution in [2.24, 2.45) is 0 Å². The Morgan fingerprint density at radius 1 is 1.00 bits per heavy atom. The number of pyridine rings is 1. The number of aryl methyl sites for hydroxylation is 1. The van der Waals surface area contributed by atoms with Crippen LogP contribution in [0, 0.1) is 6.92 Å². The number of halogens is 1. The summed E-state index contributed by atoms with van der Waals surface area (Å²) in [5, 5.41) is 5.70. The van der Waals surface area contributed by atoms with E-state index in [2.05, 4.69) is 31.5 Å². The molecular formula is C23H23BrN4O2. The fraction of sp³-hybridized carbons (Fsp3) is 0.174. The SMILES string of the molecule is Cc1ccc(NC(=O)C(c2ccccc2)N(C)CC(=O)Nc2ccc(Br)cn2)cc1. The molecule has 0 bridgehead atoms. The number of hydrogen-bond donors (Lipinski definition) is 2. The van der Waals surface area contributed by atoms with E-state index in [1.54, 1.807) is 30.3 Å². The van der Waals surface area contributed by atoms with Crippen LogP contribution in [0.5, 0.6) is 0 Å². The highest BCUT2D eigenvalue weighted by molar-refractivity contribution is 9.10. The minimum atomic E-state index is -0.629. The van der Waals surface area contributed by atoms with E-state index in [9.17, 15) is 9.59 Å². The molecule has 0 aliphatic carbocycles. The van der Waals surface area contributed by atoms with Crippen LogP contribution in [-0.4, -0.2) is 35.3 Å². The summed E-state index contributed by atoms with van der Waals surface area (Å²) in [6, 6.07) is 19.9.